The molecule has 7 nitrogen and oxygen atoms in total. The van der Waals surface area contributed by atoms with E-state index in [9.17, 15) is 4.79 Å². The van der Waals surface area contributed by atoms with Gasteiger partial charge in [-0.1, -0.05) is 91.0 Å². The summed E-state index contributed by atoms with van der Waals surface area (Å²) in [6.07, 6.45) is 0.748. The van der Waals surface area contributed by atoms with Crippen LogP contribution >= 0.6 is 11.8 Å². The molecule has 1 atom stereocenters. The molecule has 200 valence electrons. The Morgan fingerprint density at radius 1 is 0.974 bits per heavy atom. The highest BCUT2D eigenvalue weighted by atomic mass is 32.2. The maximum Gasteiger partial charge on any atom is 0.338 e. The fourth-order valence-electron chi connectivity index (χ4n) is 4.36. The number of hydrogen-bond donors (Lipinski definition) is 1. The maximum atomic E-state index is 13.2. The average molecular weight is 541 g/mol. The highest BCUT2D eigenvalue weighted by Crippen LogP contribution is 2.37. The second kappa shape index (κ2) is 12.2. The number of aromatic nitrogens is 3. The Balaban J connectivity index is 1.40. The number of carbonyl (C=O) groups is 1. The van der Waals surface area contributed by atoms with Crippen molar-refractivity contribution in [1.82, 2.24) is 14.8 Å². The molecule has 4 aromatic rings. The Kier molecular flexibility index (Phi) is 8.32. The minimum absolute atomic E-state index is 0.355. The highest BCUT2D eigenvalue weighted by Gasteiger charge is 2.35. The topological polar surface area (TPSA) is 78.3 Å². The lowest BCUT2D eigenvalue weighted by Gasteiger charge is -2.28. The van der Waals surface area contributed by atoms with Crippen molar-refractivity contribution in [3.63, 3.8) is 0 Å². The van der Waals surface area contributed by atoms with Gasteiger partial charge in [0.1, 0.15) is 18.4 Å². The number of ether oxygens (including phenoxy) is 2. The number of nitrogens with one attached hydrogen (secondary N) is 1. The Hall–Kier alpha value is -4.04. The third-order valence-electron chi connectivity index (χ3n) is 6.42. The molecule has 0 saturated carbocycles. The summed E-state index contributed by atoms with van der Waals surface area (Å²) in [7, 11) is 0. The van der Waals surface area contributed by atoms with Crippen molar-refractivity contribution < 1.29 is 14.3 Å². The van der Waals surface area contributed by atoms with Crippen LogP contribution in [0.3, 0.4) is 0 Å². The van der Waals surface area contributed by atoms with E-state index in [0.717, 1.165) is 29.1 Å². The fourth-order valence-corrected chi connectivity index (χ4v) is 5.14. The SMILES string of the molecule is CCCOC(=O)C1=C(C)Nc2nc(SCc3ccccc3)nn2C1c1ccc(OCc2ccc(C)cc2)cc1. The third kappa shape index (κ3) is 6.34. The van der Waals surface area contributed by atoms with Crippen LogP contribution in [0.5, 0.6) is 5.75 Å². The molecule has 0 spiro atoms. The Morgan fingerprint density at radius 3 is 2.44 bits per heavy atom. The molecule has 0 radical (unpaired) electrons. The van der Waals surface area contributed by atoms with Crippen LogP contribution in [0.1, 0.15) is 48.6 Å². The van der Waals surface area contributed by atoms with Crippen molar-refractivity contribution >= 4 is 23.7 Å². The summed E-state index contributed by atoms with van der Waals surface area (Å²) in [5, 5.41) is 8.72. The van der Waals surface area contributed by atoms with Crippen LogP contribution in [-0.4, -0.2) is 27.3 Å². The molecule has 1 aromatic heterocycles. The van der Waals surface area contributed by atoms with Gasteiger partial charge in [0.2, 0.25) is 11.1 Å². The summed E-state index contributed by atoms with van der Waals surface area (Å²) >= 11 is 1.56. The summed E-state index contributed by atoms with van der Waals surface area (Å²) in [4.78, 5) is 17.9. The molecular formula is C31H32N4O3S. The van der Waals surface area contributed by atoms with Gasteiger partial charge in [-0.25, -0.2) is 9.48 Å². The summed E-state index contributed by atoms with van der Waals surface area (Å²) in [6.45, 7) is 6.76. The van der Waals surface area contributed by atoms with Crippen molar-refractivity contribution in [2.45, 2.75) is 50.8 Å². The van der Waals surface area contributed by atoms with Crippen LogP contribution < -0.4 is 10.1 Å². The lowest BCUT2D eigenvalue weighted by molar-refractivity contribution is -0.139. The smallest absolute Gasteiger partial charge is 0.338 e. The van der Waals surface area contributed by atoms with E-state index in [4.69, 9.17) is 19.6 Å². The van der Waals surface area contributed by atoms with Crippen molar-refractivity contribution in [3.05, 3.63) is 112 Å². The van der Waals surface area contributed by atoms with Gasteiger partial charge in [0, 0.05) is 11.4 Å². The number of anilines is 1. The van der Waals surface area contributed by atoms with Crippen molar-refractivity contribution in [2.75, 3.05) is 11.9 Å². The number of rotatable bonds is 10. The van der Waals surface area contributed by atoms with E-state index in [2.05, 4.69) is 48.6 Å². The van der Waals surface area contributed by atoms with Gasteiger partial charge in [-0.05, 0) is 49.1 Å². The number of esters is 1. The summed E-state index contributed by atoms with van der Waals surface area (Å²) in [6, 6.07) is 25.8. The quantitative estimate of drug-likeness (QED) is 0.177. The molecule has 0 aliphatic carbocycles. The van der Waals surface area contributed by atoms with Crippen LogP contribution in [0, 0.1) is 6.92 Å². The Labute approximate surface area is 233 Å². The van der Waals surface area contributed by atoms with E-state index < -0.39 is 6.04 Å². The normalized spacial score (nSPS) is 14.5. The van der Waals surface area contributed by atoms with Gasteiger partial charge in [-0.15, -0.1) is 5.10 Å². The van der Waals surface area contributed by atoms with Crippen LogP contribution in [0.4, 0.5) is 5.95 Å². The number of aryl methyl sites for hydroxylation is 1. The number of benzene rings is 3. The summed E-state index contributed by atoms with van der Waals surface area (Å²) < 4.78 is 13.4. The van der Waals surface area contributed by atoms with Gasteiger partial charge >= 0.3 is 5.97 Å². The van der Waals surface area contributed by atoms with Crippen molar-refractivity contribution in [3.8, 4) is 5.75 Å². The average Bonchev–Trinajstić information content (AvgIpc) is 3.37. The van der Waals surface area contributed by atoms with Crippen LogP contribution in [0.2, 0.25) is 0 Å². The Bertz CT molecular complexity index is 1450. The lowest BCUT2D eigenvalue weighted by atomic mass is 9.96. The van der Waals surface area contributed by atoms with Gasteiger partial charge in [0.25, 0.3) is 0 Å². The van der Waals surface area contributed by atoms with Crippen LogP contribution in [-0.2, 0) is 21.9 Å². The Morgan fingerprint density at radius 2 is 1.72 bits per heavy atom. The minimum Gasteiger partial charge on any atom is -0.489 e. The first-order chi connectivity index (χ1) is 19.0. The summed E-state index contributed by atoms with van der Waals surface area (Å²) in [5.41, 5.74) is 5.65. The van der Waals surface area contributed by atoms with Crippen molar-refractivity contribution in [2.24, 2.45) is 0 Å². The molecule has 0 amide bonds. The standard InChI is InChI=1S/C31H32N4O3S/c1-4-18-37-29(36)27-22(3)32-30-33-31(39-20-24-8-6-5-7-9-24)34-35(30)28(27)25-14-16-26(17-15-25)38-19-23-12-10-21(2)11-13-23/h5-17,28H,4,18-20H2,1-3H3,(H,32,33,34). The van der Waals surface area contributed by atoms with E-state index in [1.165, 1.54) is 11.1 Å². The van der Waals surface area contributed by atoms with Gasteiger partial charge in [0.15, 0.2) is 0 Å². The molecule has 39 heavy (non-hydrogen) atoms. The number of nitrogens with zero attached hydrogens (tertiary/aromatic N) is 3. The molecule has 5 rings (SSSR count). The molecule has 1 aliphatic rings. The lowest BCUT2D eigenvalue weighted by Crippen LogP contribution is -2.29. The molecule has 2 heterocycles. The molecule has 1 N–H and O–H groups in total. The number of thioether (sulfide) groups is 1. The largest absolute Gasteiger partial charge is 0.489 e. The first kappa shape index (κ1) is 26.6. The summed E-state index contributed by atoms with van der Waals surface area (Å²) in [5.74, 6) is 1.74. The fraction of sp³-hybridized carbons (Fsp3) is 0.258. The zero-order valence-electron chi connectivity index (χ0n) is 22.4. The first-order valence-electron chi connectivity index (χ1n) is 13.1. The number of fused-ring (bicyclic) bond motifs is 1. The monoisotopic (exact) mass is 540 g/mol. The minimum atomic E-state index is -0.477. The maximum absolute atomic E-state index is 13.2. The molecule has 8 heteroatoms. The number of carbonyl (C=O) groups excluding carboxylic acids is 1. The third-order valence-corrected chi connectivity index (χ3v) is 7.33. The van der Waals surface area contributed by atoms with E-state index in [0.29, 0.717) is 35.6 Å². The van der Waals surface area contributed by atoms with Gasteiger partial charge in [-0.2, -0.15) is 4.98 Å². The second-order valence-corrected chi connectivity index (χ2v) is 10.4. The molecule has 1 unspecified atom stereocenters. The zero-order chi connectivity index (χ0) is 27.2. The predicted molar refractivity (Wildman–Crippen MR) is 154 cm³/mol. The molecule has 0 bridgehead atoms. The van der Waals surface area contributed by atoms with Crippen LogP contribution in [0.15, 0.2) is 95.3 Å². The predicted octanol–water partition coefficient (Wildman–Crippen LogP) is 6.70. The first-order valence-corrected chi connectivity index (χ1v) is 14.1. The molecule has 3 aromatic carbocycles. The second-order valence-electron chi connectivity index (χ2n) is 9.48. The molecule has 0 fully saturated rings. The van der Waals surface area contributed by atoms with E-state index in [1.54, 1.807) is 16.4 Å². The molecule has 1 aliphatic heterocycles. The van der Waals surface area contributed by atoms with E-state index in [-0.39, 0.29) is 5.97 Å². The van der Waals surface area contributed by atoms with Gasteiger partial charge in [0.05, 0.1) is 12.2 Å². The number of hydrogen-bond acceptors (Lipinski definition) is 7. The number of allylic oxidation sites excluding steroid dienone is 1. The highest BCUT2D eigenvalue weighted by molar-refractivity contribution is 7.98. The van der Waals surface area contributed by atoms with Gasteiger partial charge in [-0.3, -0.25) is 0 Å². The van der Waals surface area contributed by atoms with Gasteiger partial charge < -0.3 is 14.8 Å². The van der Waals surface area contributed by atoms with Crippen molar-refractivity contribution in [1.29, 1.82) is 0 Å². The van der Waals surface area contributed by atoms with E-state index in [1.807, 2.05) is 56.3 Å². The molecule has 0 saturated heterocycles. The molecular weight excluding hydrogens is 508 g/mol. The van der Waals surface area contributed by atoms with Crippen LogP contribution in [0.25, 0.3) is 0 Å². The zero-order valence-corrected chi connectivity index (χ0v) is 23.2. The van der Waals surface area contributed by atoms with E-state index >= 15 is 0 Å².